The van der Waals surface area contributed by atoms with Crippen molar-refractivity contribution in [2.75, 3.05) is 11.1 Å². The Morgan fingerprint density at radius 1 is 1.22 bits per heavy atom. The lowest BCUT2D eigenvalue weighted by molar-refractivity contribution is -0.116. The summed E-state index contributed by atoms with van der Waals surface area (Å²) < 4.78 is 14.8. The molecule has 1 aliphatic heterocycles. The number of aromatic nitrogens is 4. The fourth-order valence-corrected chi connectivity index (χ4v) is 3.59. The van der Waals surface area contributed by atoms with Gasteiger partial charge in [0.25, 0.3) is 0 Å². The molecule has 4 rings (SSSR count). The van der Waals surface area contributed by atoms with Gasteiger partial charge in [0.2, 0.25) is 11.1 Å². The third-order valence-corrected chi connectivity index (χ3v) is 5.07. The first-order chi connectivity index (χ1) is 13.1. The van der Waals surface area contributed by atoms with Crippen molar-refractivity contribution < 1.29 is 14.0 Å². The molecule has 9 heteroatoms. The van der Waals surface area contributed by atoms with Crippen LogP contribution in [0.3, 0.4) is 0 Å². The molecule has 2 aromatic carbocycles. The van der Waals surface area contributed by atoms with E-state index >= 15 is 0 Å². The number of nitrogens with one attached hydrogen (secondary N) is 1. The van der Waals surface area contributed by atoms with Gasteiger partial charge in [0.1, 0.15) is 5.82 Å². The molecule has 0 unspecified atom stereocenters. The van der Waals surface area contributed by atoms with Crippen LogP contribution in [-0.4, -0.2) is 37.7 Å². The van der Waals surface area contributed by atoms with Crippen LogP contribution in [-0.2, 0) is 11.2 Å². The van der Waals surface area contributed by atoms with Gasteiger partial charge < -0.3 is 5.32 Å². The number of rotatable bonds is 5. The van der Waals surface area contributed by atoms with E-state index in [0.717, 1.165) is 11.3 Å². The first-order valence-corrected chi connectivity index (χ1v) is 9.22. The number of amides is 1. The molecule has 2 heterocycles. The molecule has 27 heavy (non-hydrogen) atoms. The number of tetrazole rings is 1. The number of halogens is 1. The van der Waals surface area contributed by atoms with Gasteiger partial charge in [0.15, 0.2) is 5.78 Å². The SMILES string of the molecule is O=C1CCc2cc(C(=O)CSc3nnnn3-c3cccc(F)c3)ccc2N1. The molecule has 0 atom stereocenters. The lowest BCUT2D eigenvalue weighted by Crippen LogP contribution is -2.19. The molecule has 0 bridgehead atoms. The van der Waals surface area contributed by atoms with Crippen LogP contribution in [0.1, 0.15) is 22.3 Å². The van der Waals surface area contributed by atoms with E-state index in [0.29, 0.717) is 29.2 Å². The molecule has 0 radical (unpaired) electrons. The van der Waals surface area contributed by atoms with Gasteiger partial charge in [0.05, 0.1) is 11.4 Å². The molecule has 1 aromatic heterocycles. The zero-order valence-electron chi connectivity index (χ0n) is 14.1. The van der Waals surface area contributed by atoms with Gasteiger partial charge >= 0.3 is 0 Å². The highest BCUT2D eigenvalue weighted by Gasteiger charge is 2.18. The van der Waals surface area contributed by atoms with E-state index in [4.69, 9.17) is 0 Å². The molecule has 0 spiro atoms. The standard InChI is InChI=1S/C18H14FN5O2S/c19-13-2-1-3-14(9-13)24-18(21-22-23-24)27-10-16(25)12-4-6-15-11(8-12)5-7-17(26)20-15/h1-4,6,8-9H,5,7,10H2,(H,20,26). The molecule has 7 nitrogen and oxygen atoms in total. The fourth-order valence-electron chi connectivity index (χ4n) is 2.81. The summed E-state index contributed by atoms with van der Waals surface area (Å²) in [7, 11) is 0. The van der Waals surface area contributed by atoms with E-state index in [2.05, 4.69) is 20.8 Å². The van der Waals surface area contributed by atoms with Crippen LogP contribution in [0.15, 0.2) is 47.6 Å². The van der Waals surface area contributed by atoms with Crippen LogP contribution in [0, 0.1) is 5.82 Å². The summed E-state index contributed by atoms with van der Waals surface area (Å²) in [5, 5.41) is 14.6. The van der Waals surface area contributed by atoms with E-state index in [-0.39, 0.29) is 17.4 Å². The number of fused-ring (bicyclic) bond motifs is 1. The lowest BCUT2D eigenvalue weighted by atomic mass is 9.99. The summed E-state index contributed by atoms with van der Waals surface area (Å²) in [4.78, 5) is 24.0. The number of hydrogen-bond acceptors (Lipinski definition) is 6. The smallest absolute Gasteiger partial charge is 0.224 e. The number of benzene rings is 2. The van der Waals surface area contributed by atoms with Gasteiger partial charge in [-0.15, -0.1) is 5.10 Å². The summed E-state index contributed by atoms with van der Waals surface area (Å²) in [5.41, 5.74) is 2.77. The van der Waals surface area contributed by atoms with Gasteiger partial charge in [-0.1, -0.05) is 17.8 Å². The number of thioether (sulfide) groups is 1. The largest absolute Gasteiger partial charge is 0.326 e. The Labute approximate surface area is 158 Å². The Morgan fingerprint density at radius 3 is 2.96 bits per heavy atom. The van der Waals surface area contributed by atoms with Crippen molar-refractivity contribution in [3.63, 3.8) is 0 Å². The van der Waals surface area contributed by atoms with Crippen LogP contribution in [0.4, 0.5) is 10.1 Å². The zero-order valence-corrected chi connectivity index (χ0v) is 14.9. The molecule has 1 aliphatic rings. The highest BCUT2D eigenvalue weighted by Crippen LogP contribution is 2.25. The summed E-state index contributed by atoms with van der Waals surface area (Å²) in [6.07, 6.45) is 1.04. The molecule has 136 valence electrons. The molecular formula is C18H14FN5O2S. The van der Waals surface area contributed by atoms with Crippen molar-refractivity contribution in [3.05, 3.63) is 59.4 Å². The molecule has 0 saturated heterocycles. The summed E-state index contributed by atoms with van der Waals surface area (Å²) in [5.74, 6) is -0.341. The Hall–Kier alpha value is -3.07. The first-order valence-electron chi connectivity index (χ1n) is 8.23. The van der Waals surface area contributed by atoms with E-state index in [9.17, 15) is 14.0 Å². The summed E-state index contributed by atoms with van der Waals surface area (Å²) in [6.45, 7) is 0. The molecule has 0 aliphatic carbocycles. The number of hydrogen-bond donors (Lipinski definition) is 1. The van der Waals surface area contributed by atoms with Crippen LogP contribution < -0.4 is 5.32 Å². The monoisotopic (exact) mass is 383 g/mol. The van der Waals surface area contributed by atoms with Gasteiger partial charge in [-0.2, -0.15) is 4.68 Å². The predicted octanol–water partition coefficient (Wildman–Crippen LogP) is 2.66. The molecule has 1 amide bonds. The average molecular weight is 383 g/mol. The maximum Gasteiger partial charge on any atom is 0.224 e. The maximum absolute atomic E-state index is 13.4. The number of carbonyl (C=O) groups is 2. The van der Waals surface area contributed by atoms with E-state index in [1.165, 1.54) is 28.6 Å². The van der Waals surface area contributed by atoms with Gasteiger partial charge in [-0.25, -0.2) is 4.39 Å². The predicted molar refractivity (Wildman–Crippen MR) is 97.6 cm³/mol. The molecular weight excluding hydrogens is 369 g/mol. The minimum absolute atomic E-state index is 0.0127. The van der Waals surface area contributed by atoms with Crippen molar-refractivity contribution in [1.29, 1.82) is 0 Å². The van der Waals surface area contributed by atoms with Crippen LogP contribution in [0.5, 0.6) is 0 Å². The minimum Gasteiger partial charge on any atom is -0.326 e. The Morgan fingerprint density at radius 2 is 2.11 bits per heavy atom. The Bertz CT molecular complexity index is 1040. The fraction of sp³-hybridized carbons (Fsp3) is 0.167. The van der Waals surface area contributed by atoms with Gasteiger partial charge in [-0.05, 0) is 58.8 Å². The van der Waals surface area contributed by atoms with Crippen molar-refractivity contribution in [2.24, 2.45) is 0 Å². The minimum atomic E-state index is -0.392. The lowest BCUT2D eigenvalue weighted by Gasteiger charge is -2.17. The Kier molecular flexibility index (Phi) is 4.68. The third kappa shape index (κ3) is 3.72. The Balaban J connectivity index is 1.48. The van der Waals surface area contributed by atoms with Crippen LogP contribution in [0.2, 0.25) is 0 Å². The molecule has 0 fully saturated rings. The van der Waals surface area contributed by atoms with Crippen molar-refractivity contribution in [1.82, 2.24) is 20.2 Å². The number of ketones is 1. The second-order valence-electron chi connectivity index (χ2n) is 5.99. The van der Waals surface area contributed by atoms with E-state index < -0.39 is 5.82 Å². The molecule has 3 aromatic rings. The number of anilines is 1. The van der Waals surface area contributed by atoms with Crippen molar-refractivity contribution in [2.45, 2.75) is 18.0 Å². The average Bonchev–Trinajstić information content (AvgIpc) is 3.14. The maximum atomic E-state index is 13.4. The van der Waals surface area contributed by atoms with Gasteiger partial charge in [-0.3, -0.25) is 9.59 Å². The van der Waals surface area contributed by atoms with Crippen LogP contribution in [0.25, 0.3) is 5.69 Å². The topological polar surface area (TPSA) is 89.8 Å². The summed E-state index contributed by atoms with van der Waals surface area (Å²) >= 11 is 1.18. The first kappa shape index (κ1) is 17.3. The van der Waals surface area contributed by atoms with Gasteiger partial charge in [0, 0.05) is 17.7 Å². The zero-order chi connectivity index (χ0) is 18.8. The highest BCUT2D eigenvalue weighted by atomic mass is 32.2. The molecule has 1 N–H and O–H groups in total. The van der Waals surface area contributed by atoms with E-state index in [1.54, 1.807) is 24.3 Å². The van der Waals surface area contributed by atoms with E-state index in [1.807, 2.05) is 6.07 Å². The van der Waals surface area contributed by atoms with Crippen molar-refractivity contribution >= 4 is 29.1 Å². The quantitative estimate of drug-likeness (QED) is 0.538. The molecule has 0 saturated carbocycles. The highest BCUT2D eigenvalue weighted by molar-refractivity contribution is 7.99. The number of carbonyl (C=O) groups excluding carboxylic acids is 2. The van der Waals surface area contributed by atoms with Crippen molar-refractivity contribution in [3.8, 4) is 5.69 Å². The third-order valence-electron chi connectivity index (χ3n) is 4.15. The normalized spacial score (nSPS) is 13.1. The number of nitrogens with zero attached hydrogens (tertiary/aromatic N) is 4. The number of aryl methyl sites for hydroxylation is 1. The number of Topliss-reactive ketones (excluding diaryl/α,β-unsaturated/α-hetero) is 1. The van der Waals surface area contributed by atoms with Crippen LogP contribution >= 0.6 is 11.8 Å². The summed E-state index contributed by atoms with van der Waals surface area (Å²) in [6, 6.07) is 11.2. The second-order valence-corrected chi connectivity index (χ2v) is 6.93. The second kappa shape index (κ2) is 7.28.